The van der Waals surface area contributed by atoms with Crippen molar-refractivity contribution in [3.05, 3.63) is 35.4 Å². The van der Waals surface area contributed by atoms with Gasteiger partial charge in [0.2, 0.25) is 5.91 Å². The van der Waals surface area contributed by atoms with Gasteiger partial charge >= 0.3 is 5.97 Å². The molecule has 2 rings (SSSR count). The molecule has 21 heavy (non-hydrogen) atoms. The molecule has 0 heterocycles. The second-order valence-corrected chi connectivity index (χ2v) is 5.56. The molecular formula is C16H19NO4. The lowest BCUT2D eigenvalue weighted by Gasteiger charge is -2.32. The largest absolute Gasteiger partial charge is 0.481 e. The van der Waals surface area contributed by atoms with Crippen LogP contribution < -0.4 is 5.32 Å². The topological polar surface area (TPSA) is 83.5 Å². The van der Waals surface area contributed by atoms with Crippen LogP contribution in [0.2, 0.25) is 0 Å². The Morgan fingerprint density at radius 1 is 1.14 bits per heavy atom. The van der Waals surface area contributed by atoms with E-state index < -0.39 is 5.97 Å². The van der Waals surface area contributed by atoms with E-state index in [2.05, 4.69) is 5.32 Å². The number of ketones is 1. The van der Waals surface area contributed by atoms with Crippen LogP contribution in [0.3, 0.4) is 0 Å². The summed E-state index contributed by atoms with van der Waals surface area (Å²) in [6.45, 7) is 1.95. The van der Waals surface area contributed by atoms with Crippen molar-refractivity contribution in [2.75, 3.05) is 0 Å². The van der Waals surface area contributed by atoms with Crippen LogP contribution in [0.15, 0.2) is 24.3 Å². The third-order valence-corrected chi connectivity index (χ3v) is 3.81. The summed E-state index contributed by atoms with van der Waals surface area (Å²) in [5, 5.41) is 11.5. The Bertz CT molecular complexity index is 544. The van der Waals surface area contributed by atoms with Crippen LogP contribution in [-0.4, -0.2) is 28.8 Å². The summed E-state index contributed by atoms with van der Waals surface area (Å²) >= 11 is 0. The number of carboxylic acids is 1. The Morgan fingerprint density at radius 2 is 1.76 bits per heavy atom. The second-order valence-electron chi connectivity index (χ2n) is 5.56. The number of hydrogen-bond donors (Lipinski definition) is 2. The normalized spacial score (nSPS) is 20.4. The molecule has 0 atom stereocenters. The van der Waals surface area contributed by atoms with Gasteiger partial charge in [-0.2, -0.15) is 0 Å². The van der Waals surface area contributed by atoms with E-state index in [1.54, 1.807) is 12.1 Å². The first kappa shape index (κ1) is 15.2. The second kappa shape index (κ2) is 6.52. The van der Waals surface area contributed by atoms with Crippen molar-refractivity contribution in [3.63, 3.8) is 0 Å². The third-order valence-electron chi connectivity index (χ3n) is 3.81. The average Bonchev–Trinajstić information content (AvgIpc) is 2.40. The summed E-state index contributed by atoms with van der Waals surface area (Å²) in [7, 11) is 0. The van der Waals surface area contributed by atoms with Crippen molar-refractivity contribution in [1.82, 2.24) is 5.32 Å². The Hall–Kier alpha value is -2.17. The van der Waals surface area contributed by atoms with E-state index in [1.807, 2.05) is 19.1 Å². The third kappa shape index (κ3) is 4.15. The first-order chi connectivity index (χ1) is 9.95. The number of amides is 1. The molecule has 2 N–H and O–H groups in total. The number of carbonyl (C=O) groups excluding carboxylic acids is 2. The first-order valence-electron chi connectivity index (χ1n) is 7.07. The van der Waals surface area contributed by atoms with Crippen molar-refractivity contribution in [2.45, 2.75) is 38.6 Å². The van der Waals surface area contributed by atoms with Gasteiger partial charge in [-0.3, -0.25) is 14.4 Å². The van der Waals surface area contributed by atoms with Gasteiger partial charge in [-0.25, -0.2) is 0 Å². The number of rotatable bonds is 6. The molecule has 0 unspecified atom stereocenters. The van der Waals surface area contributed by atoms with Crippen molar-refractivity contribution in [3.8, 4) is 0 Å². The molecule has 1 saturated carbocycles. The molecule has 5 heteroatoms. The van der Waals surface area contributed by atoms with Crippen LogP contribution in [0, 0.1) is 12.8 Å². The molecular weight excluding hydrogens is 270 g/mol. The number of aliphatic carboxylic acids is 1. The molecule has 1 aromatic carbocycles. The van der Waals surface area contributed by atoms with Crippen LogP contribution in [0.4, 0.5) is 0 Å². The monoisotopic (exact) mass is 289 g/mol. The number of nitrogens with one attached hydrogen (secondary N) is 1. The van der Waals surface area contributed by atoms with Crippen molar-refractivity contribution >= 4 is 17.7 Å². The summed E-state index contributed by atoms with van der Waals surface area (Å²) in [5.74, 6) is -1.40. The van der Waals surface area contributed by atoms with Crippen molar-refractivity contribution < 1.29 is 19.5 Å². The van der Waals surface area contributed by atoms with Crippen LogP contribution >= 0.6 is 0 Å². The quantitative estimate of drug-likeness (QED) is 0.784. The highest BCUT2D eigenvalue weighted by Gasteiger charge is 2.35. The molecule has 0 aliphatic heterocycles. The van der Waals surface area contributed by atoms with Crippen molar-refractivity contribution in [2.24, 2.45) is 5.92 Å². The zero-order valence-electron chi connectivity index (χ0n) is 12.0. The Morgan fingerprint density at radius 3 is 2.33 bits per heavy atom. The van der Waals surface area contributed by atoms with Crippen molar-refractivity contribution in [1.29, 1.82) is 0 Å². The summed E-state index contributed by atoms with van der Waals surface area (Å²) in [4.78, 5) is 34.3. The van der Waals surface area contributed by atoms with E-state index in [-0.39, 0.29) is 36.5 Å². The predicted molar refractivity (Wildman–Crippen MR) is 77.0 cm³/mol. The van der Waals surface area contributed by atoms with Crippen LogP contribution in [0.1, 0.15) is 41.6 Å². The maximum Gasteiger partial charge on any atom is 0.306 e. The molecule has 1 aromatic rings. The number of carboxylic acid groups (broad SMARTS) is 1. The average molecular weight is 289 g/mol. The van der Waals surface area contributed by atoms with Gasteiger partial charge in [0.15, 0.2) is 5.78 Å². The zero-order valence-corrected chi connectivity index (χ0v) is 12.0. The predicted octanol–water partition coefficient (Wildman–Crippen LogP) is 1.94. The Labute approximate surface area is 123 Å². The lowest BCUT2D eigenvalue weighted by molar-refractivity contribution is -0.146. The molecule has 0 spiro atoms. The van der Waals surface area contributed by atoms with E-state index >= 15 is 0 Å². The minimum atomic E-state index is -0.810. The Kier molecular flexibility index (Phi) is 4.73. The molecule has 0 bridgehead atoms. The van der Waals surface area contributed by atoms with Gasteiger partial charge in [0, 0.05) is 24.4 Å². The summed E-state index contributed by atoms with van der Waals surface area (Å²) in [6.07, 6.45) is 1.27. The number of hydrogen-bond acceptors (Lipinski definition) is 3. The highest BCUT2D eigenvalue weighted by atomic mass is 16.4. The minimum absolute atomic E-state index is 0.0535. The first-order valence-corrected chi connectivity index (χ1v) is 7.07. The number of Topliss-reactive ketones (excluding diaryl/α,β-unsaturated/α-hetero) is 1. The fraction of sp³-hybridized carbons (Fsp3) is 0.438. The lowest BCUT2D eigenvalue weighted by atomic mass is 9.80. The lowest BCUT2D eigenvalue weighted by Crippen LogP contribution is -2.46. The fourth-order valence-electron chi connectivity index (χ4n) is 2.35. The fourth-order valence-corrected chi connectivity index (χ4v) is 2.35. The summed E-state index contributed by atoms with van der Waals surface area (Å²) in [6, 6.07) is 7.20. The molecule has 5 nitrogen and oxygen atoms in total. The zero-order chi connectivity index (χ0) is 15.4. The van der Waals surface area contributed by atoms with Gasteiger partial charge in [0.05, 0.1) is 5.92 Å². The number of carbonyl (C=O) groups is 3. The summed E-state index contributed by atoms with van der Waals surface area (Å²) < 4.78 is 0. The van der Waals surface area contributed by atoms with Crippen LogP contribution in [0.25, 0.3) is 0 Å². The number of benzene rings is 1. The molecule has 1 fully saturated rings. The number of aryl methyl sites for hydroxylation is 1. The standard InChI is InChI=1S/C16H19NO4/c1-10-2-4-11(5-3-10)14(18)6-7-15(19)17-13-8-12(9-13)16(20)21/h2-5,12-13H,6-9H2,1H3,(H,17,19)(H,20,21). The van der Waals surface area contributed by atoms with Gasteiger partial charge < -0.3 is 10.4 Å². The van der Waals surface area contributed by atoms with E-state index in [4.69, 9.17) is 5.11 Å². The molecule has 0 saturated heterocycles. The molecule has 0 radical (unpaired) electrons. The van der Waals surface area contributed by atoms with E-state index in [0.29, 0.717) is 18.4 Å². The van der Waals surface area contributed by atoms with Crippen LogP contribution in [0.5, 0.6) is 0 Å². The van der Waals surface area contributed by atoms with Gasteiger partial charge in [0.1, 0.15) is 0 Å². The summed E-state index contributed by atoms with van der Waals surface area (Å²) in [5.41, 5.74) is 1.70. The Balaban J connectivity index is 1.71. The molecule has 1 amide bonds. The molecule has 1 aliphatic rings. The van der Waals surface area contributed by atoms with Gasteiger partial charge in [-0.05, 0) is 19.8 Å². The smallest absolute Gasteiger partial charge is 0.306 e. The van der Waals surface area contributed by atoms with Gasteiger partial charge in [-0.15, -0.1) is 0 Å². The molecule has 1 aliphatic carbocycles. The minimum Gasteiger partial charge on any atom is -0.481 e. The highest BCUT2D eigenvalue weighted by Crippen LogP contribution is 2.27. The van der Waals surface area contributed by atoms with E-state index in [0.717, 1.165) is 5.56 Å². The maximum atomic E-state index is 11.9. The van der Waals surface area contributed by atoms with Gasteiger partial charge in [0.25, 0.3) is 0 Å². The highest BCUT2D eigenvalue weighted by molar-refractivity contribution is 5.98. The van der Waals surface area contributed by atoms with E-state index in [1.165, 1.54) is 0 Å². The van der Waals surface area contributed by atoms with Crippen LogP contribution in [-0.2, 0) is 9.59 Å². The van der Waals surface area contributed by atoms with E-state index in [9.17, 15) is 14.4 Å². The SMILES string of the molecule is Cc1ccc(C(=O)CCC(=O)NC2CC(C(=O)O)C2)cc1. The van der Waals surface area contributed by atoms with Gasteiger partial charge in [-0.1, -0.05) is 29.8 Å². The molecule has 0 aromatic heterocycles. The molecule has 112 valence electrons. The maximum absolute atomic E-state index is 11.9.